The molecule has 0 fully saturated rings. The van der Waals surface area contributed by atoms with Crippen molar-refractivity contribution in [3.63, 3.8) is 0 Å². The summed E-state index contributed by atoms with van der Waals surface area (Å²) in [6.45, 7) is 1.60. The fraction of sp³-hybridized carbons (Fsp3) is 0.0476. The molecule has 2 aromatic carbocycles. The highest BCUT2D eigenvalue weighted by molar-refractivity contribution is 6.37. The number of anilines is 1. The minimum Gasteiger partial charge on any atom is -0.268 e. The summed E-state index contributed by atoms with van der Waals surface area (Å²) in [6, 6.07) is 8.68. The highest BCUT2D eigenvalue weighted by atomic mass is 19.2. The van der Waals surface area contributed by atoms with Crippen molar-refractivity contribution in [2.75, 3.05) is 4.90 Å². The van der Waals surface area contributed by atoms with Crippen LogP contribution in [0.2, 0.25) is 0 Å². The van der Waals surface area contributed by atoms with Crippen LogP contribution in [0.15, 0.2) is 48.7 Å². The van der Waals surface area contributed by atoms with Crippen molar-refractivity contribution in [1.82, 2.24) is 14.8 Å². The van der Waals surface area contributed by atoms with Crippen molar-refractivity contribution in [2.24, 2.45) is 0 Å². The van der Waals surface area contributed by atoms with E-state index in [1.54, 1.807) is 6.92 Å². The first-order chi connectivity index (χ1) is 14.4. The summed E-state index contributed by atoms with van der Waals surface area (Å²) in [5, 5.41) is 4.58. The Hall–Kier alpha value is -4.01. The van der Waals surface area contributed by atoms with Crippen LogP contribution in [0.5, 0.6) is 0 Å². The lowest BCUT2D eigenvalue weighted by Crippen LogP contribution is -2.30. The van der Waals surface area contributed by atoms with Gasteiger partial charge in [0.2, 0.25) is 0 Å². The number of carbonyl (C=O) groups excluding carboxylic acids is 2. The number of halogens is 3. The van der Waals surface area contributed by atoms with Gasteiger partial charge in [0, 0.05) is 12.3 Å². The number of imide groups is 1. The number of amides is 2. The molecule has 0 aliphatic carbocycles. The Morgan fingerprint density at radius 3 is 2.40 bits per heavy atom. The molecule has 0 bridgehead atoms. The van der Waals surface area contributed by atoms with E-state index in [1.807, 2.05) is 0 Å². The fourth-order valence-corrected chi connectivity index (χ4v) is 3.61. The third-order valence-electron chi connectivity index (χ3n) is 4.96. The third kappa shape index (κ3) is 2.38. The smallest absolute Gasteiger partial charge is 0.267 e. The fourth-order valence-electron chi connectivity index (χ4n) is 3.61. The summed E-state index contributed by atoms with van der Waals surface area (Å²) in [5.74, 6) is -4.20. The van der Waals surface area contributed by atoms with E-state index in [1.165, 1.54) is 35.1 Å². The maximum absolute atomic E-state index is 14.3. The number of fused-ring (bicyclic) bond motifs is 3. The SMILES string of the molecule is Cc1nn(-c2ccc(F)c(F)c2)c2ncc3c(c12)C(=O)N(c1ccccc1F)C3=O. The molecule has 0 saturated carbocycles. The Balaban J connectivity index is 1.73. The molecule has 2 amide bonds. The summed E-state index contributed by atoms with van der Waals surface area (Å²) in [6.07, 6.45) is 1.20. The molecular weight excluding hydrogens is 397 g/mol. The molecule has 148 valence electrons. The molecule has 0 radical (unpaired) electrons. The number of hydrogen-bond donors (Lipinski definition) is 0. The topological polar surface area (TPSA) is 68.1 Å². The molecule has 0 N–H and O–H groups in total. The van der Waals surface area contributed by atoms with Crippen LogP contribution in [-0.4, -0.2) is 26.6 Å². The summed E-state index contributed by atoms with van der Waals surface area (Å²) in [7, 11) is 0. The van der Waals surface area contributed by atoms with Crippen LogP contribution in [0.4, 0.5) is 18.9 Å². The van der Waals surface area contributed by atoms with Crippen LogP contribution in [0, 0.1) is 24.4 Å². The van der Waals surface area contributed by atoms with Gasteiger partial charge in [-0.2, -0.15) is 5.10 Å². The number of carbonyl (C=O) groups is 2. The van der Waals surface area contributed by atoms with Crippen molar-refractivity contribution in [3.05, 3.63) is 82.9 Å². The number of aromatic nitrogens is 3. The van der Waals surface area contributed by atoms with Gasteiger partial charge >= 0.3 is 0 Å². The molecule has 9 heteroatoms. The van der Waals surface area contributed by atoms with Crippen molar-refractivity contribution in [1.29, 1.82) is 0 Å². The molecule has 3 heterocycles. The Labute approximate surface area is 167 Å². The summed E-state index contributed by atoms with van der Waals surface area (Å²) in [5.41, 5.74) is 0.636. The molecule has 4 aromatic rings. The first-order valence-electron chi connectivity index (χ1n) is 8.85. The van der Waals surface area contributed by atoms with Gasteiger partial charge in [-0.1, -0.05) is 12.1 Å². The predicted octanol–water partition coefficient (Wildman–Crippen LogP) is 3.95. The third-order valence-corrected chi connectivity index (χ3v) is 4.96. The zero-order valence-electron chi connectivity index (χ0n) is 15.4. The lowest BCUT2D eigenvalue weighted by molar-refractivity contribution is 0.0925. The second-order valence-corrected chi connectivity index (χ2v) is 6.74. The number of para-hydroxylation sites is 1. The summed E-state index contributed by atoms with van der Waals surface area (Å²) in [4.78, 5) is 31.0. The van der Waals surface area contributed by atoms with E-state index >= 15 is 0 Å². The number of nitrogens with zero attached hydrogens (tertiary/aromatic N) is 4. The van der Waals surface area contributed by atoms with E-state index in [0.29, 0.717) is 5.69 Å². The molecule has 0 unspecified atom stereocenters. The van der Waals surface area contributed by atoms with Crippen LogP contribution in [-0.2, 0) is 0 Å². The van der Waals surface area contributed by atoms with Gasteiger partial charge in [-0.15, -0.1) is 0 Å². The molecule has 0 atom stereocenters. The van der Waals surface area contributed by atoms with Crippen LogP contribution in [0.1, 0.15) is 26.4 Å². The van der Waals surface area contributed by atoms with Crippen molar-refractivity contribution < 1.29 is 22.8 Å². The Morgan fingerprint density at radius 1 is 0.900 bits per heavy atom. The van der Waals surface area contributed by atoms with Gasteiger partial charge in [0.05, 0.1) is 33.6 Å². The molecule has 30 heavy (non-hydrogen) atoms. The maximum atomic E-state index is 14.3. The second-order valence-electron chi connectivity index (χ2n) is 6.74. The van der Waals surface area contributed by atoms with E-state index in [4.69, 9.17) is 0 Å². The molecule has 2 aromatic heterocycles. The second kappa shape index (κ2) is 6.24. The van der Waals surface area contributed by atoms with E-state index in [2.05, 4.69) is 10.1 Å². The largest absolute Gasteiger partial charge is 0.268 e. The van der Waals surface area contributed by atoms with Crippen LogP contribution in [0.25, 0.3) is 16.7 Å². The minimum atomic E-state index is -1.06. The summed E-state index contributed by atoms with van der Waals surface area (Å²) < 4.78 is 42.5. The Kier molecular flexibility index (Phi) is 3.76. The summed E-state index contributed by atoms with van der Waals surface area (Å²) >= 11 is 0. The average molecular weight is 408 g/mol. The Morgan fingerprint density at radius 2 is 1.67 bits per heavy atom. The number of rotatable bonds is 2. The molecular formula is C21H11F3N4O2. The minimum absolute atomic E-state index is 0.0173. The van der Waals surface area contributed by atoms with E-state index in [-0.39, 0.29) is 33.5 Å². The maximum Gasteiger partial charge on any atom is 0.267 e. The van der Waals surface area contributed by atoms with E-state index in [9.17, 15) is 22.8 Å². The lowest BCUT2D eigenvalue weighted by atomic mass is 10.1. The van der Waals surface area contributed by atoms with Crippen LogP contribution < -0.4 is 4.90 Å². The first kappa shape index (κ1) is 18.0. The standard InChI is InChI=1S/C21H11F3N4O2/c1-10-17-18-12(20(29)27(21(18)30)16-5-3-2-4-14(16)23)9-25-19(17)28(26-10)11-6-7-13(22)15(24)8-11/h2-9H,1H3. The van der Waals surface area contributed by atoms with Gasteiger partial charge in [0.25, 0.3) is 11.8 Å². The van der Waals surface area contributed by atoms with E-state index in [0.717, 1.165) is 23.1 Å². The van der Waals surface area contributed by atoms with Gasteiger partial charge in [0.15, 0.2) is 17.3 Å². The van der Waals surface area contributed by atoms with Gasteiger partial charge in [-0.3, -0.25) is 9.59 Å². The molecule has 0 saturated heterocycles. The number of benzene rings is 2. The Bertz CT molecular complexity index is 1400. The van der Waals surface area contributed by atoms with Crippen molar-refractivity contribution in [3.8, 4) is 5.69 Å². The molecule has 1 aliphatic rings. The highest BCUT2D eigenvalue weighted by Crippen LogP contribution is 2.35. The van der Waals surface area contributed by atoms with Gasteiger partial charge in [-0.25, -0.2) is 27.7 Å². The van der Waals surface area contributed by atoms with Crippen molar-refractivity contribution >= 4 is 28.5 Å². The number of pyridine rings is 1. The van der Waals surface area contributed by atoms with Gasteiger partial charge in [0.1, 0.15) is 5.82 Å². The average Bonchev–Trinajstić information content (AvgIpc) is 3.19. The zero-order chi connectivity index (χ0) is 21.2. The zero-order valence-corrected chi connectivity index (χ0v) is 15.4. The van der Waals surface area contributed by atoms with Crippen LogP contribution >= 0.6 is 0 Å². The molecule has 6 nitrogen and oxygen atoms in total. The van der Waals surface area contributed by atoms with Crippen molar-refractivity contribution in [2.45, 2.75) is 6.92 Å². The molecule has 0 spiro atoms. The monoisotopic (exact) mass is 408 g/mol. The first-order valence-corrected chi connectivity index (χ1v) is 8.85. The lowest BCUT2D eigenvalue weighted by Gasteiger charge is -2.14. The predicted molar refractivity (Wildman–Crippen MR) is 101 cm³/mol. The molecule has 1 aliphatic heterocycles. The van der Waals surface area contributed by atoms with Gasteiger partial charge < -0.3 is 0 Å². The van der Waals surface area contributed by atoms with Crippen LogP contribution in [0.3, 0.4) is 0 Å². The van der Waals surface area contributed by atoms with Gasteiger partial charge in [-0.05, 0) is 31.2 Å². The van der Waals surface area contributed by atoms with E-state index < -0.39 is 29.3 Å². The quantitative estimate of drug-likeness (QED) is 0.471. The molecule has 5 rings (SSSR count). The number of aryl methyl sites for hydroxylation is 1. The number of hydrogen-bond acceptors (Lipinski definition) is 4. The normalized spacial score (nSPS) is 13.4. The highest BCUT2D eigenvalue weighted by Gasteiger charge is 2.41.